The number of hydrogen-bond donors (Lipinski definition) is 0. The second-order valence-corrected chi connectivity index (χ2v) is 5.98. The summed E-state index contributed by atoms with van der Waals surface area (Å²) in [6.07, 6.45) is 6.32. The first-order chi connectivity index (χ1) is 12.2. The van der Waals surface area contributed by atoms with E-state index < -0.39 is 0 Å². The van der Waals surface area contributed by atoms with Gasteiger partial charge in [0.2, 0.25) is 5.91 Å². The van der Waals surface area contributed by atoms with E-state index in [1.165, 1.54) is 0 Å². The normalized spacial score (nSPS) is 13.6. The zero-order chi connectivity index (χ0) is 17.2. The zero-order valence-electron chi connectivity index (χ0n) is 13.9. The van der Waals surface area contributed by atoms with Gasteiger partial charge < -0.3 is 0 Å². The van der Waals surface area contributed by atoms with Crippen molar-refractivity contribution >= 4 is 11.7 Å². The summed E-state index contributed by atoms with van der Waals surface area (Å²) < 4.78 is 0. The minimum Gasteiger partial charge on any atom is -0.290 e. The third kappa shape index (κ3) is 2.98. The molecule has 124 valence electrons. The van der Waals surface area contributed by atoms with E-state index in [9.17, 15) is 4.79 Å². The maximum atomic E-state index is 12.5. The van der Waals surface area contributed by atoms with Gasteiger partial charge in [0.25, 0.3) is 0 Å². The Balaban J connectivity index is 1.79. The maximum Gasteiger partial charge on any atom is 0.228 e. The third-order valence-corrected chi connectivity index (χ3v) is 4.30. The highest BCUT2D eigenvalue weighted by atomic mass is 16.2. The van der Waals surface area contributed by atoms with Gasteiger partial charge in [0.1, 0.15) is 5.82 Å². The Labute approximate surface area is 145 Å². The van der Waals surface area contributed by atoms with Crippen LogP contribution in [0.25, 0.3) is 11.4 Å². The number of aromatic nitrogens is 4. The van der Waals surface area contributed by atoms with Gasteiger partial charge in [-0.1, -0.05) is 6.07 Å². The van der Waals surface area contributed by atoms with Crippen LogP contribution in [-0.4, -0.2) is 25.8 Å². The highest BCUT2D eigenvalue weighted by Crippen LogP contribution is 2.31. The molecule has 6 heteroatoms. The van der Waals surface area contributed by atoms with E-state index in [4.69, 9.17) is 4.98 Å². The van der Waals surface area contributed by atoms with Crippen LogP contribution >= 0.6 is 0 Å². The zero-order valence-corrected chi connectivity index (χ0v) is 13.9. The standard InChI is InChI=1S/C19H17N5O/c1-13-16-7-8-17(25)24(12-15-6-2-3-10-21-15)19(16)23-18(22-13)14-5-4-9-20-11-14/h2-6,9-11H,7-8,12H2,1H3. The van der Waals surface area contributed by atoms with Crippen molar-refractivity contribution in [2.75, 3.05) is 4.90 Å². The molecule has 0 aromatic carbocycles. The van der Waals surface area contributed by atoms with Crippen molar-refractivity contribution in [2.24, 2.45) is 0 Å². The van der Waals surface area contributed by atoms with Gasteiger partial charge >= 0.3 is 0 Å². The van der Waals surface area contributed by atoms with E-state index in [1.54, 1.807) is 23.5 Å². The molecule has 0 bridgehead atoms. The molecule has 6 nitrogen and oxygen atoms in total. The summed E-state index contributed by atoms with van der Waals surface area (Å²) in [5.41, 5.74) is 3.61. The lowest BCUT2D eigenvalue weighted by atomic mass is 10.0. The van der Waals surface area contributed by atoms with Gasteiger partial charge in [-0.2, -0.15) is 0 Å². The summed E-state index contributed by atoms with van der Waals surface area (Å²) in [4.78, 5) is 32.1. The monoisotopic (exact) mass is 331 g/mol. The fourth-order valence-electron chi connectivity index (χ4n) is 3.02. The van der Waals surface area contributed by atoms with Crippen molar-refractivity contribution in [1.82, 2.24) is 19.9 Å². The number of carbonyl (C=O) groups is 1. The fraction of sp³-hybridized carbons (Fsp3) is 0.211. The highest BCUT2D eigenvalue weighted by Gasteiger charge is 2.28. The lowest BCUT2D eigenvalue weighted by Crippen LogP contribution is -2.36. The third-order valence-electron chi connectivity index (χ3n) is 4.30. The second kappa shape index (κ2) is 6.39. The van der Waals surface area contributed by atoms with Crippen molar-refractivity contribution in [2.45, 2.75) is 26.3 Å². The van der Waals surface area contributed by atoms with Crippen LogP contribution in [0, 0.1) is 6.92 Å². The molecular weight excluding hydrogens is 314 g/mol. The Hall–Kier alpha value is -3.15. The number of anilines is 1. The molecule has 3 aromatic heterocycles. The summed E-state index contributed by atoms with van der Waals surface area (Å²) in [5.74, 6) is 1.34. The van der Waals surface area contributed by atoms with Crippen LogP contribution in [0.5, 0.6) is 0 Å². The predicted molar refractivity (Wildman–Crippen MR) is 93.7 cm³/mol. The number of rotatable bonds is 3. The highest BCUT2D eigenvalue weighted by molar-refractivity contribution is 5.95. The molecule has 1 aliphatic heterocycles. The van der Waals surface area contributed by atoms with E-state index in [-0.39, 0.29) is 5.91 Å². The molecule has 0 aliphatic carbocycles. The van der Waals surface area contributed by atoms with E-state index in [0.29, 0.717) is 31.0 Å². The van der Waals surface area contributed by atoms with Gasteiger partial charge in [0, 0.05) is 41.8 Å². The van der Waals surface area contributed by atoms with E-state index in [2.05, 4.69) is 15.0 Å². The minimum atomic E-state index is 0.0633. The first-order valence-electron chi connectivity index (χ1n) is 8.20. The van der Waals surface area contributed by atoms with Crippen molar-refractivity contribution in [3.8, 4) is 11.4 Å². The molecule has 4 heterocycles. The van der Waals surface area contributed by atoms with Gasteiger partial charge in [-0.3, -0.25) is 19.7 Å². The molecule has 25 heavy (non-hydrogen) atoms. The Bertz CT molecular complexity index is 912. The number of aryl methyl sites for hydroxylation is 1. The molecule has 1 aliphatic rings. The summed E-state index contributed by atoms with van der Waals surface area (Å²) in [6.45, 7) is 2.38. The molecule has 0 radical (unpaired) electrons. The number of fused-ring (bicyclic) bond motifs is 1. The van der Waals surface area contributed by atoms with E-state index in [0.717, 1.165) is 22.5 Å². The predicted octanol–water partition coefficient (Wildman–Crippen LogP) is 2.72. The molecule has 0 atom stereocenters. The van der Waals surface area contributed by atoms with Gasteiger partial charge in [0.05, 0.1) is 12.2 Å². The topological polar surface area (TPSA) is 71.9 Å². The smallest absolute Gasteiger partial charge is 0.228 e. The van der Waals surface area contributed by atoms with Crippen LogP contribution in [0.4, 0.5) is 5.82 Å². The van der Waals surface area contributed by atoms with Crippen LogP contribution in [0.2, 0.25) is 0 Å². The summed E-state index contributed by atoms with van der Waals surface area (Å²) in [7, 11) is 0. The summed E-state index contributed by atoms with van der Waals surface area (Å²) in [5, 5.41) is 0. The average Bonchev–Trinajstić information content (AvgIpc) is 2.65. The molecule has 0 spiro atoms. The molecule has 0 saturated heterocycles. The number of pyridine rings is 2. The Kier molecular flexibility index (Phi) is 3.93. The fourth-order valence-corrected chi connectivity index (χ4v) is 3.02. The molecule has 4 rings (SSSR count). The van der Waals surface area contributed by atoms with Gasteiger partial charge in [-0.15, -0.1) is 0 Å². The molecule has 0 N–H and O–H groups in total. The molecule has 0 fully saturated rings. The molecule has 3 aromatic rings. The van der Waals surface area contributed by atoms with Gasteiger partial charge in [-0.05, 0) is 37.6 Å². The van der Waals surface area contributed by atoms with Crippen LogP contribution in [0.15, 0.2) is 48.9 Å². The summed E-state index contributed by atoms with van der Waals surface area (Å²) >= 11 is 0. The number of hydrogen-bond acceptors (Lipinski definition) is 5. The van der Waals surface area contributed by atoms with Gasteiger partial charge in [-0.25, -0.2) is 9.97 Å². The average molecular weight is 331 g/mol. The van der Waals surface area contributed by atoms with Crippen LogP contribution in [-0.2, 0) is 17.8 Å². The Morgan fingerprint density at radius 2 is 2.00 bits per heavy atom. The first kappa shape index (κ1) is 15.4. The largest absolute Gasteiger partial charge is 0.290 e. The molecule has 1 amide bonds. The first-order valence-corrected chi connectivity index (χ1v) is 8.20. The van der Waals surface area contributed by atoms with Crippen molar-refractivity contribution in [3.05, 3.63) is 65.9 Å². The quantitative estimate of drug-likeness (QED) is 0.738. The van der Waals surface area contributed by atoms with Crippen molar-refractivity contribution < 1.29 is 4.79 Å². The lowest BCUT2D eigenvalue weighted by Gasteiger charge is -2.29. The van der Waals surface area contributed by atoms with Gasteiger partial charge in [0.15, 0.2) is 5.82 Å². The maximum absolute atomic E-state index is 12.5. The number of nitrogens with zero attached hydrogens (tertiary/aromatic N) is 5. The van der Waals surface area contributed by atoms with E-state index >= 15 is 0 Å². The van der Waals surface area contributed by atoms with Crippen molar-refractivity contribution in [1.29, 1.82) is 0 Å². The Morgan fingerprint density at radius 1 is 1.08 bits per heavy atom. The summed E-state index contributed by atoms with van der Waals surface area (Å²) in [6, 6.07) is 9.47. The number of carbonyl (C=O) groups excluding carboxylic acids is 1. The lowest BCUT2D eigenvalue weighted by molar-refractivity contribution is -0.119. The molecule has 0 unspecified atom stereocenters. The number of amides is 1. The molecular formula is C19H17N5O. The van der Waals surface area contributed by atoms with Crippen LogP contribution < -0.4 is 4.90 Å². The SMILES string of the molecule is Cc1nc(-c2cccnc2)nc2c1CCC(=O)N2Cc1ccccn1. The van der Waals surface area contributed by atoms with Crippen molar-refractivity contribution in [3.63, 3.8) is 0 Å². The minimum absolute atomic E-state index is 0.0633. The van der Waals surface area contributed by atoms with E-state index in [1.807, 2.05) is 37.3 Å². The van der Waals surface area contributed by atoms with Crippen LogP contribution in [0.3, 0.4) is 0 Å². The molecule has 0 saturated carbocycles. The Morgan fingerprint density at radius 3 is 2.76 bits per heavy atom. The van der Waals surface area contributed by atoms with Crippen LogP contribution in [0.1, 0.15) is 23.4 Å². The second-order valence-electron chi connectivity index (χ2n) is 5.98.